The number of nitrogens with zero attached hydrogens (tertiary/aromatic N) is 1. The summed E-state index contributed by atoms with van der Waals surface area (Å²) >= 11 is 0. The maximum Gasteiger partial charge on any atom is 0.339 e. The number of ketones is 1. The van der Waals surface area contributed by atoms with Crippen molar-refractivity contribution in [1.82, 2.24) is 4.98 Å². The molecule has 0 fully saturated rings. The van der Waals surface area contributed by atoms with Crippen LogP contribution in [-0.4, -0.2) is 23.3 Å². The van der Waals surface area contributed by atoms with E-state index in [1.54, 1.807) is 0 Å². The second-order valence-electron chi connectivity index (χ2n) is 8.09. The van der Waals surface area contributed by atoms with E-state index < -0.39 is 5.97 Å². The number of carbonyl (C=O) groups excluding carboxylic acids is 2. The van der Waals surface area contributed by atoms with Crippen LogP contribution < -0.4 is 0 Å². The number of pyridine rings is 1. The number of fused-ring (bicyclic) bond motifs is 2. The maximum absolute atomic E-state index is 13.1. The molecule has 148 valence electrons. The van der Waals surface area contributed by atoms with Gasteiger partial charge >= 0.3 is 5.97 Å². The van der Waals surface area contributed by atoms with Crippen molar-refractivity contribution >= 4 is 22.7 Å². The fourth-order valence-corrected chi connectivity index (χ4v) is 4.11. The first-order chi connectivity index (χ1) is 13.9. The van der Waals surface area contributed by atoms with Crippen LogP contribution in [0.5, 0.6) is 0 Å². The highest BCUT2D eigenvalue weighted by Gasteiger charge is 2.26. The van der Waals surface area contributed by atoms with Crippen molar-refractivity contribution in [3.8, 4) is 0 Å². The number of carbonyl (C=O) groups is 2. The van der Waals surface area contributed by atoms with Crippen LogP contribution >= 0.6 is 0 Å². The molecule has 1 aliphatic carbocycles. The third kappa shape index (κ3) is 3.80. The average molecular weight is 387 g/mol. The summed E-state index contributed by atoms with van der Waals surface area (Å²) in [6.07, 6.45) is 2.74. The quantitative estimate of drug-likeness (QED) is 0.466. The van der Waals surface area contributed by atoms with Crippen LogP contribution in [0, 0.1) is 19.8 Å². The lowest BCUT2D eigenvalue weighted by atomic mass is 9.84. The number of esters is 1. The molecule has 0 N–H and O–H groups in total. The van der Waals surface area contributed by atoms with Crippen LogP contribution in [0.25, 0.3) is 10.9 Å². The first kappa shape index (κ1) is 19.3. The maximum atomic E-state index is 13.1. The Balaban J connectivity index is 1.66. The van der Waals surface area contributed by atoms with Crippen molar-refractivity contribution in [1.29, 1.82) is 0 Å². The van der Waals surface area contributed by atoms with Crippen molar-refractivity contribution in [3.05, 3.63) is 76.0 Å². The minimum absolute atomic E-state index is 0.180. The second-order valence-corrected chi connectivity index (χ2v) is 8.09. The first-order valence-corrected chi connectivity index (χ1v) is 10.1. The van der Waals surface area contributed by atoms with Gasteiger partial charge in [0.2, 0.25) is 5.78 Å². The lowest BCUT2D eigenvalue weighted by Crippen LogP contribution is -2.21. The van der Waals surface area contributed by atoms with Crippen molar-refractivity contribution in [3.63, 3.8) is 0 Å². The number of Topliss-reactive ketones (excluding diaryl/α,β-unsaturated/α-hetero) is 1. The van der Waals surface area contributed by atoms with Crippen LogP contribution in [-0.2, 0) is 17.6 Å². The zero-order valence-corrected chi connectivity index (χ0v) is 17.1. The Morgan fingerprint density at radius 3 is 2.76 bits per heavy atom. The fourth-order valence-electron chi connectivity index (χ4n) is 4.11. The predicted molar refractivity (Wildman–Crippen MR) is 113 cm³/mol. The van der Waals surface area contributed by atoms with E-state index in [1.165, 1.54) is 0 Å². The Labute approximate surface area is 170 Å². The summed E-state index contributed by atoms with van der Waals surface area (Å²) in [5.74, 6) is -0.124. The van der Waals surface area contributed by atoms with Gasteiger partial charge in [-0.25, -0.2) is 4.79 Å². The molecule has 1 aliphatic rings. The molecular weight excluding hydrogens is 362 g/mol. The molecule has 4 nitrogen and oxygen atoms in total. The van der Waals surface area contributed by atoms with Crippen LogP contribution in [0.1, 0.15) is 56.4 Å². The van der Waals surface area contributed by atoms with Crippen molar-refractivity contribution < 1.29 is 14.3 Å². The van der Waals surface area contributed by atoms with Gasteiger partial charge in [-0.1, -0.05) is 42.8 Å². The summed E-state index contributed by atoms with van der Waals surface area (Å²) < 4.78 is 5.53. The number of hydrogen-bond donors (Lipinski definition) is 0. The highest BCUT2D eigenvalue weighted by molar-refractivity contribution is 6.06. The van der Waals surface area contributed by atoms with Gasteiger partial charge in [-0.2, -0.15) is 0 Å². The van der Waals surface area contributed by atoms with E-state index in [1.807, 2.05) is 56.3 Å². The number of rotatable bonds is 4. The number of ether oxygens (including phenoxy) is 1. The topological polar surface area (TPSA) is 56.3 Å². The Morgan fingerprint density at radius 2 is 1.93 bits per heavy atom. The number of aryl methyl sites for hydroxylation is 3. The molecule has 0 saturated heterocycles. The largest absolute Gasteiger partial charge is 0.454 e. The molecule has 1 atom stereocenters. The van der Waals surface area contributed by atoms with Gasteiger partial charge in [0.05, 0.1) is 11.1 Å². The van der Waals surface area contributed by atoms with Gasteiger partial charge in [0.25, 0.3) is 0 Å². The third-order valence-electron chi connectivity index (χ3n) is 5.74. The number of hydrogen-bond acceptors (Lipinski definition) is 4. The molecule has 0 saturated carbocycles. The molecule has 0 bridgehead atoms. The fraction of sp³-hybridized carbons (Fsp3) is 0.320. The van der Waals surface area contributed by atoms with Gasteiger partial charge < -0.3 is 4.74 Å². The number of aromatic nitrogens is 1. The van der Waals surface area contributed by atoms with E-state index in [4.69, 9.17) is 9.72 Å². The molecule has 0 spiro atoms. The van der Waals surface area contributed by atoms with Crippen LogP contribution in [0.3, 0.4) is 0 Å². The van der Waals surface area contributed by atoms with Gasteiger partial charge in [-0.05, 0) is 62.3 Å². The van der Waals surface area contributed by atoms with E-state index in [2.05, 4.69) is 6.92 Å². The summed E-state index contributed by atoms with van der Waals surface area (Å²) in [5.41, 5.74) is 5.83. The molecule has 1 heterocycles. The highest BCUT2D eigenvalue weighted by Crippen LogP contribution is 2.32. The van der Waals surface area contributed by atoms with Crippen molar-refractivity contribution in [2.24, 2.45) is 5.92 Å². The summed E-state index contributed by atoms with van der Waals surface area (Å²) in [7, 11) is 0. The Morgan fingerprint density at radius 1 is 1.14 bits per heavy atom. The molecule has 3 aromatic rings. The summed E-state index contributed by atoms with van der Waals surface area (Å²) in [6, 6.07) is 13.4. The Kier molecular flexibility index (Phi) is 5.18. The smallest absolute Gasteiger partial charge is 0.339 e. The Bertz CT molecular complexity index is 1120. The van der Waals surface area contributed by atoms with Gasteiger partial charge in [-0.3, -0.25) is 9.78 Å². The van der Waals surface area contributed by atoms with E-state index >= 15 is 0 Å². The van der Waals surface area contributed by atoms with E-state index in [0.717, 1.165) is 52.5 Å². The molecule has 4 rings (SSSR count). The van der Waals surface area contributed by atoms with Crippen LogP contribution in [0.2, 0.25) is 0 Å². The molecule has 0 radical (unpaired) electrons. The van der Waals surface area contributed by atoms with Gasteiger partial charge in [-0.15, -0.1) is 0 Å². The SMILES string of the molecule is Cc1ccc(C)c(C(=O)COC(=O)c2c3c(nc4ccccc24)CC[C@@H](C)C3)c1. The molecule has 4 heteroatoms. The summed E-state index contributed by atoms with van der Waals surface area (Å²) in [4.78, 5) is 30.6. The molecular formula is C25H25NO3. The molecule has 0 aliphatic heterocycles. The number of benzene rings is 2. The summed E-state index contributed by atoms with van der Waals surface area (Å²) in [6.45, 7) is 5.77. The van der Waals surface area contributed by atoms with Gasteiger partial charge in [0.1, 0.15) is 0 Å². The molecule has 0 amide bonds. The predicted octanol–water partition coefficient (Wildman–Crippen LogP) is 5.02. The second kappa shape index (κ2) is 7.78. The standard InChI is InChI=1S/C25H25NO3/c1-15-8-10-17(3)19(12-15)23(27)14-29-25(28)24-18-6-4-5-7-21(18)26-22-11-9-16(2)13-20(22)24/h4-8,10,12,16H,9,11,13-14H2,1-3H3/t16-/m1/s1. The van der Waals surface area contributed by atoms with E-state index in [9.17, 15) is 9.59 Å². The molecule has 1 aromatic heterocycles. The highest BCUT2D eigenvalue weighted by atomic mass is 16.5. The zero-order chi connectivity index (χ0) is 20.5. The lowest BCUT2D eigenvalue weighted by molar-refractivity contribution is 0.0474. The van der Waals surface area contributed by atoms with E-state index in [-0.39, 0.29) is 12.4 Å². The third-order valence-corrected chi connectivity index (χ3v) is 5.74. The normalized spacial score (nSPS) is 15.8. The monoisotopic (exact) mass is 387 g/mol. The molecule has 2 aromatic carbocycles. The lowest BCUT2D eigenvalue weighted by Gasteiger charge is -2.24. The van der Waals surface area contributed by atoms with Crippen LogP contribution in [0.4, 0.5) is 0 Å². The number of para-hydroxylation sites is 1. The molecule has 29 heavy (non-hydrogen) atoms. The van der Waals surface area contributed by atoms with Crippen LogP contribution in [0.15, 0.2) is 42.5 Å². The van der Waals surface area contributed by atoms with Crippen molar-refractivity contribution in [2.45, 2.75) is 40.0 Å². The minimum Gasteiger partial charge on any atom is -0.454 e. The first-order valence-electron chi connectivity index (χ1n) is 10.1. The van der Waals surface area contributed by atoms with Gasteiger partial charge in [0.15, 0.2) is 6.61 Å². The van der Waals surface area contributed by atoms with Crippen molar-refractivity contribution in [2.75, 3.05) is 6.61 Å². The zero-order valence-electron chi connectivity index (χ0n) is 17.1. The van der Waals surface area contributed by atoms with E-state index in [0.29, 0.717) is 17.0 Å². The Hall–Kier alpha value is -3.01. The molecule has 0 unspecified atom stereocenters. The average Bonchev–Trinajstić information content (AvgIpc) is 2.71. The van der Waals surface area contributed by atoms with Gasteiger partial charge in [0, 0.05) is 16.6 Å². The summed E-state index contributed by atoms with van der Waals surface area (Å²) in [5, 5.41) is 0.796. The minimum atomic E-state index is -0.437.